The van der Waals surface area contributed by atoms with E-state index < -0.39 is 0 Å². The fourth-order valence-electron chi connectivity index (χ4n) is 3.29. The Morgan fingerprint density at radius 1 is 1.10 bits per heavy atom. The van der Waals surface area contributed by atoms with E-state index in [0.717, 1.165) is 12.3 Å². The van der Waals surface area contributed by atoms with Crippen molar-refractivity contribution in [2.24, 2.45) is 0 Å². The smallest absolute Gasteiger partial charge is 0.123 e. The molecule has 0 saturated carbocycles. The first kappa shape index (κ1) is 14.2. The first-order chi connectivity index (χ1) is 10.3. The molecule has 0 radical (unpaired) electrons. The van der Waals surface area contributed by atoms with E-state index in [2.05, 4.69) is 42.6 Å². The monoisotopic (exact) mass is 281 g/mol. The molecule has 2 heteroatoms. The maximum absolute atomic E-state index is 5.55. The summed E-state index contributed by atoms with van der Waals surface area (Å²) < 4.78 is 5.55. The van der Waals surface area contributed by atoms with Crippen molar-refractivity contribution in [1.29, 1.82) is 0 Å². The van der Waals surface area contributed by atoms with E-state index in [-0.39, 0.29) is 6.04 Å². The highest BCUT2D eigenvalue weighted by molar-refractivity contribution is 5.44. The standard InChI is InChI=1S/C19H23NO/c1-3-20-19(17-9-4-5-10-18(17)21-2)16-12-11-14-7-6-8-15(14)13-16/h4-5,9-13,19-20H,3,6-8H2,1-2H3. The van der Waals surface area contributed by atoms with Crippen molar-refractivity contribution in [3.05, 3.63) is 64.7 Å². The molecule has 21 heavy (non-hydrogen) atoms. The molecule has 0 fully saturated rings. The zero-order valence-corrected chi connectivity index (χ0v) is 12.9. The Morgan fingerprint density at radius 2 is 1.90 bits per heavy atom. The quantitative estimate of drug-likeness (QED) is 0.898. The number of rotatable bonds is 5. The number of nitrogens with one attached hydrogen (secondary N) is 1. The average molecular weight is 281 g/mol. The molecular weight excluding hydrogens is 258 g/mol. The maximum Gasteiger partial charge on any atom is 0.123 e. The predicted molar refractivity (Wildman–Crippen MR) is 87.0 cm³/mol. The largest absolute Gasteiger partial charge is 0.496 e. The summed E-state index contributed by atoms with van der Waals surface area (Å²) in [6, 6.07) is 15.4. The van der Waals surface area contributed by atoms with Gasteiger partial charge in [0.05, 0.1) is 13.2 Å². The molecule has 110 valence electrons. The molecule has 0 aliphatic heterocycles. The minimum absolute atomic E-state index is 0.192. The third-order valence-corrected chi connectivity index (χ3v) is 4.31. The van der Waals surface area contributed by atoms with Gasteiger partial charge in [0.2, 0.25) is 0 Å². The molecule has 0 heterocycles. The van der Waals surface area contributed by atoms with Crippen LogP contribution in [0.5, 0.6) is 5.75 Å². The van der Waals surface area contributed by atoms with Gasteiger partial charge in [-0.1, -0.05) is 43.3 Å². The van der Waals surface area contributed by atoms with Gasteiger partial charge in [-0.2, -0.15) is 0 Å². The molecule has 2 aromatic carbocycles. The summed E-state index contributed by atoms with van der Waals surface area (Å²) in [5.74, 6) is 0.948. The lowest BCUT2D eigenvalue weighted by atomic mass is 9.95. The maximum atomic E-state index is 5.55. The van der Waals surface area contributed by atoms with Gasteiger partial charge in [-0.05, 0) is 48.6 Å². The van der Waals surface area contributed by atoms with Crippen molar-refractivity contribution in [2.45, 2.75) is 32.2 Å². The van der Waals surface area contributed by atoms with Crippen molar-refractivity contribution in [3.63, 3.8) is 0 Å². The summed E-state index contributed by atoms with van der Waals surface area (Å²) in [6.45, 7) is 3.08. The van der Waals surface area contributed by atoms with Gasteiger partial charge >= 0.3 is 0 Å². The average Bonchev–Trinajstić information content (AvgIpc) is 3.00. The number of hydrogen-bond acceptors (Lipinski definition) is 2. The van der Waals surface area contributed by atoms with Crippen LogP contribution in [-0.4, -0.2) is 13.7 Å². The van der Waals surface area contributed by atoms with Crippen molar-refractivity contribution in [1.82, 2.24) is 5.32 Å². The predicted octanol–water partition coefficient (Wildman–Crippen LogP) is 3.88. The normalized spacial score (nSPS) is 14.8. The van der Waals surface area contributed by atoms with Gasteiger partial charge in [0.25, 0.3) is 0 Å². The van der Waals surface area contributed by atoms with Gasteiger partial charge < -0.3 is 10.1 Å². The van der Waals surface area contributed by atoms with Gasteiger partial charge in [-0.25, -0.2) is 0 Å². The van der Waals surface area contributed by atoms with Crippen LogP contribution in [0, 0.1) is 0 Å². The number of hydrogen-bond donors (Lipinski definition) is 1. The van der Waals surface area contributed by atoms with Crippen LogP contribution in [-0.2, 0) is 12.8 Å². The Kier molecular flexibility index (Phi) is 4.26. The molecule has 0 spiro atoms. The molecule has 2 aromatic rings. The number of fused-ring (bicyclic) bond motifs is 1. The molecule has 0 aromatic heterocycles. The van der Waals surface area contributed by atoms with Crippen LogP contribution >= 0.6 is 0 Å². The second-order valence-corrected chi connectivity index (χ2v) is 5.61. The molecule has 3 rings (SSSR count). The molecule has 1 aliphatic rings. The Balaban J connectivity index is 2.01. The lowest BCUT2D eigenvalue weighted by molar-refractivity contribution is 0.404. The summed E-state index contributed by atoms with van der Waals surface area (Å²) in [5, 5.41) is 3.60. The molecule has 1 N–H and O–H groups in total. The van der Waals surface area contributed by atoms with Crippen LogP contribution in [0.3, 0.4) is 0 Å². The third kappa shape index (κ3) is 2.81. The zero-order valence-electron chi connectivity index (χ0n) is 12.9. The van der Waals surface area contributed by atoms with Crippen LogP contribution < -0.4 is 10.1 Å². The van der Waals surface area contributed by atoms with Gasteiger partial charge in [0.1, 0.15) is 5.75 Å². The summed E-state index contributed by atoms with van der Waals surface area (Å²) in [7, 11) is 1.74. The minimum Gasteiger partial charge on any atom is -0.496 e. The number of aryl methyl sites for hydroxylation is 2. The van der Waals surface area contributed by atoms with E-state index in [1.54, 1.807) is 7.11 Å². The third-order valence-electron chi connectivity index (χ3n) is 4.31. The molecule has 1 unspecified atom stereocenters. The fourth-order valence-corrected chi connectivity index (χ4v) is 3.29. The first-order valence-corrected chi connectivity index (χ1v) is 7.81. The van der Waals surface area contributed by atoms with Crippen LogP contribution in [0.4, 0.5) is 0 Å². The van der Waals surface area contributed by atoms with E-state index in [1.165, 1.54) is 41.5 Å². The van der Waals surface area contributed by atoms with Gasteiger partial charge in [-0.15, -0.1) is 0 Å². The number of ether oxygens (including phenoxy) is 1. The van der Waals surface area contributed by atoms with Crippen LogP contribution in [0.2, 0.25) is 0 Å². The Bertz CT molecular complexity index is 621. The van der Waals surface area contributed by atoms with E-state index >= 15 is 0 Å². The van der Waals surface area contributed by atoms with Gasteiger partial charge in [0.15, 0.2) is 0 Å². The zero-order chi connectivity index (χ0) is 14.7. The molecule has 0 bridgehead atoms. The van der Waals surface area contributed by atoms with Gasteiger partial charge in [-0.3, -0.25) is 0 Å². The van der Waals surface area contributed by atoms with Crippen LogP contribution in [0.1, 0.15) is 41.6 Å². The molecular formula is C19H23NO. The van der Waals surface area contributed by atoms with Crippen molar-refractivity contribution in [3.8, 4) is 5.75 Å². The highest BCUT2D eigenvalue weighted by Crippen LogP contribution is 2.32. The van der Waals surface area contributed by atoms with Crippen molar-refractivity contribution in [2.75, 3.05) is 13.7 Å². The summed E-state index contributed by atoms with van der Waals surface area (Å²) >= 11 is 0. The van der Waals surface area contributed by atoms with E-state index in [4.69, 9.17) is 4.74 Å². The minimum atomic E-state index is 0.192. The van der Waals surface area contributed by atoms with Crippen LogP contribution in [0.25, 0.3) is 0 Å². The molecule has 0 saturated heterocycles. The van der Waals surface area contributed by atoms with Gasteiger partial charge in [0, 0.05) is 5.56 Å². The Labute approximate surface area is 127 Å². The van der Waals surface area contributed by atoms with Crippen molar-refractivity contribution < 1.29 is 4.74 Å². The van der Waals surface area contributed by atoms with E-state index in [9.17, 15) is 0 Å². The SMILES string of the molecule is CCNC(c1ccc2c(c1)CCC2)c1ccccc1OC. The van der Waals surface area contributed by atoms with Crippen LogP contribution in [0.15, 0.2) is 42.5 Å². The second-order valence-electron chi connectivity index (χ2n) is 5.61. The summed E-state index contributed by atoms with van der Waals surface area (Å²) in [5.41, 5.74) is 5.58. The lowest BCUT2D eigenvalue weighted by Crippen LogP contribution is -2.22. The summed E-state index contributed by atoms with van der Waals surface area (Å²) in [4.78, 5) is 0. The molecule has 1 atom stereocenters. The molecule has 2 nitrogen and oxygen atoms in total. The Morgan fingerprint density at radius 3 is 2.71 bits per heavy atom. The van der Waals surface area contributed by atoms with E-state index in [0.29, 0.717) is 0 Å². The number of methoxy groups -OCH3 is 1. The highest BCUT2D eigenvalue weighted by Gasteiger charge is 2.19. The number of para-hydroxylation sites is 1. The molecule has 0 amide bonds. The summed E-state index contributed by atoms with van der Waals surface area (Å²) in [6.07, 6.45) is 3.74. The second kappa shape index (κ2) is 6.31. The topological polar surface area (TPSA) is 21.3 Å². The Hall–Kier alpha value is -1.80. The fraction of sp³-hybridized carbons (Fsp3) is 0.368. The number of benzene rings is 2. The first-order valence-electron chi connectivity index (χ1n) is 7.81. The van der Waals surface area contributed by atoms with Crippen molar-refractivity contribution >= 4 is 0 Å². The lowest BCUT2D eigenvalue weighted by Gasteiger charge is -2.22. The van der Waals surface area contributed by atoms with E-state index in [1.807, 2.05) is 12.1 Å². The molecule has 1 aliphatic carbocycles. The highest BCUT2D eigenvalue weighted by atomic mass is 16.5.